The number of nitrogens with zero attached hydrogens (tertiary/aromatic N) is 1. The Morgan fingerprint density at radius 1 is 1.48 bits per heavy atom. The molecule has 0 aliphatic carbocycles. The summed E-state index contributed by atoms with van der Waals surface area (Å²) in [6.07, 6.45) is -0.971. The molecule has 1 fully saturated rings. The van der Waals surface area contributed by atoms with Gasteiger partial charge in [0.05, 0.1) is 16.7 Å². The molecule has 1 aliphatic rings. The fourth-order valence-corrected chi connectivity index (χ4v) is 2.92. The van der Waals surface area contributed by atoms with E-state index in [0.29, 0.717) is 11.1 Å². The number of halogens is 3. The predicted octanol–water partition coefficient (Wildman–Crippen LogP) is 3.35. The van der Waals surface area contributed by atoms with E-state index in [1.54, 1.807) is 0 Å². The molecule has 1 aliphatic heterocycles. The summed E-state index contributed by atoms with van der Waals surface area (Å²) in [5.41, 5.74) is -0.711. The third-order valence-electron chi connectivity index (χ3n) is 3.40. The quantitative estimate of drug-likeness (QED) is 0.644. The van der Waals surface area contributed by atoms with Crippen LogP contribution >= 0.6 is 11.8 Å². The van der Waals surface area contributed by atoms with E-state index in [1.807, 2.05) is 0 Å². The first-order valence-electron chi connectivity index (χ1n) is 6.98. The molecular formula is C14H19F3N2OS. The number of hydrogen-bond donors (Lipinski definition) is 1. The van der Waals surface area contributed by atoms with Crippen LogP contribution in [0.15, 0.2) is 23.4 Å². The van der Waals surface area contributed by atoms with Crippen LogP contribution in [0.2, 0.25) is 0 Å². The SMILES string of the molecule is CC(NCCSc1ccc(C(F)(F)F)cn1)C1CCCO1. The van der Waals surface area contributed by atoms with Crippen molar-refractivity contribution in [3.63, 3.8) is 0 Å². The number of thioether (sulfide) groups is 1. The van der Waals surface area contributed by atoms with Gasteiger partial charge in [-0.3, -0.25) is 0 Å². The molecule has 2 rings (SSSR count). The summed E-state index contributed by atoms with van der Waals surface area (Å²) < 4.78 is 42.8. The smallest absolute Gasteiger partial charge is 0.377 e. The molecule has 118 valence electrons. The van der Waals surface area contributed by atoms with Crippen LogP contribution in [0.1, 0.15) is 25.3 Å². The maximum absolute atomic E-state index is 12.4. The minimum atomic E-state index is -4.32. The normalized spacial score (nSPS) is 20.7. The largest absolute Gasteiger partial charge is 0.417 e. The van der Waals surface area contributed by atoms with Gasteiger partial charge in [-0.05, 0) is 31.9 Å². The van der Waals surface area contributed by atoms with Gasteiger partial charge in [-0.15, -0.1) is 11.8 Å². The van der Waals surface area contributed by atoms with Crippen LogP contribution in [0, 0.1) is 0 Å². The highest BCUT2D eigenvalue weighted by molar-refractivity contribution is 7.99. The zero-order valence-electron chi connectivity index (χ0n) is 11.8. The molecule has 1 saturated heterocycles. The minimum absolute atomic E-state index is 0.277. The van der Waals surface area contributed by atoms with Crippen molar-refractivity contribution in [3.05, 3.63) is 23.9 Å². The van der Waals surface area contributed by atoms with E-state index in [1.165, 1.54) is 17.8 Å². The maximum atomic E-state index is 12.4. The van der Waals surface area contributed by atoms with E-state index in [-0.39, 0.29) is 6.10 Å². The van der Waals surface area contributed by atoms with E-state index in [9.17, 15) is 13.2 Å². The monoisotopic (exact) mass is 320 g/mol. The Balaban J connectivity index is 1.68. The molecule has 0 saturated carbocycles. The first kappa shape index (κ1) is 16.6. The van der Waals surface area contributed by atoms with Crippen molar-refractivity contribution < 1.29 is 17.9 Å². The van der Waals surface area contributed by atoms with Gasteiger partial charge < -0.3 is 10.1 Å². The lowest BCUT2D eigenvalue weighted by Crippen LogP contribution is -2.38. The van der Waals surface area contributed by atoms with Gasteiger partial charge in [-0.2, -0.15) is 13.2 Å². The summed E-state index contributed by atoms with van der Waals surface area (Å²) in [7, 11) is 0. The standard InChI is InChI=1S/C14H19F3N2OS/c1-10(12-3-2-7-20-12)18-6-8-21-13-5-4-11(9-19-13)14(15,16)17/h4-5,9-10,12,18H,2-3,6-8H2,1H3. The Bertz CT molecular complexity index is 433. The highest BCUT2D eigenvalue weighted by atomic mass is 32.2. The number of pyridine rings is 1. The lowest BCUT2D eigenvalue weighted by molar-refractivity contribution is -0.137. The number of alkyl halides is 3. The van der Waals surface area contributed by atoms with Crippen LogP contribution in [0.3, 0.4) is 0 Å². The molecule has 21 heavy (non-hydrogen) atoms. The van der Waals surface area contributed by atoms with Crippen molar-refractivity contribution in [2.24, 2.45) is 0 Å². The molecule has 2 heterocycles. The fraction of sp³-hybridized carbons (Fsp3) is 0.643. The van der Waals surface area contributed by atoms with Crippen molar-refractivity contribution in [2.75, 3.05) is 18.9 Å². The molecule has 0 radical (unpaired) electrons. The minimum Gasteiger partial charge on any atom is -0.377 e. The van der Waals surface area contributed by atoms with E-state index in [2.05, 4.69) is 17.2 Å². The summed E-state index contributed by atoms with van der Waals surface area (Å²) in [5.74, 6) is 0.759. The summed E-state index contributed by atoms with van der Waals surface area (Å²) >= 11 is 1.44. The maximum Gasteiger partial charge on any atom is 0.417 e. The van der Waals surface area contributed by atoms with Crippen LogP contribution in [-0.4, -0.2) is 36.0 Å². The number of nitrogens with one attached hydrogen (secondary N) is 1. The highest BCUT2D eigenvalue weighted by Gasteiger charge is 2.30. The number of ether oxygens (including phenoxy) is 1. The van der Waals surface area contributed by atoms with Crippen molar-refractivity contribution in [1.29, 1.82) is 0 Å². The third kappa shape index (κ3) is 5.16. The lowest BCUT2D eigenvalue weighted by atomic mass is 10.1. The summed E-state index contributed by atoms with van der Waals surface area (Å²) in [6.45, 7) is 3.70. The third-order valence-corrected chi connectivity index (χ3v) is 4.35. The van der Waals surface area contributed by atoms with Crippen LogP contribution in [-0.2, 0) is 10.9 Å². The fourth-order valence-electron chi connectivity index (χ4n) is 2.20. The number of hydrogen-bond acceptors (Lipinski definition) is 4. The molecular weight excluding hydrogens is 301 g/mol. The van der Waals surface area contributed by atoms with Gasteiger partial charge in [0.15, 0.2) is 0 Å². The predicted molar refractivity (Wildman–Crippen MR) is 76.4 cm³/mol. The molecule has 2 atom stereocenters. The summed E-state index contributed by atoms with van der Waals surface area (Å²) in [5, 5.41) is 3.98. The summed E-state index contributed by atoms with van der Waals surface area (Å²) in [4.78, 5) is 3.83. The first-order valence-corrected chi connectivity index (χ1v) is 7.96. The molecule has 1 aromatic heterocycles. The van der Waals surface area contributed by atoms with Gasteiger partial charge >= 0.3 is 6.18 Å². The van der Waals surface area contributed by atoms with Gasteiger partial charge in [0.2, 0.25) is 0 Å². The molecule has 0 amide bonds. The van der Waals surface area contributed by atoms with Crippen LogP contribution in [0.5, 0.6) is 0 Å². The molecule has 3 nitrogen and oxygen atoms in total. The van der Waals surface area contributed by atoms with E-state index >= 15 is 0 Å². The van der Waals surface area contributed by atoms with Crippen molar-refractivity contribution in [2.45, 2.75) is 43.1 Å². The van der Waals surface area contributed by atoms with Crippen LogP contribution < -0.4 is 5.32 Å². The van der Waals surface area contributed by atoms with Gasteiger partial charge in [0, 0.05) is 31.1 Å². The molecule has 1 N–H and O–H groups in total. The zero-order valence-corrected chi connectivity index (χ0v) is 12.6. The molecule has 0 spiro atoms. The second kappa shape index (κ2) is 7.47. The van der Waals surface area contributed by atoms with Gasteiger partial charge in [0.25, 0.3) is 0 Å². The molecule has 7 heteroatoms. The lowest BCUT2D eigenvalue weighted by Gasteiger charge is -2.19. The molecule has 2 unspecified atom stereocenters. The van der Waals surface area contributed by atoms with Gasteiger partial charge in [-0.1, -0.05) is 0 Å². The topological polar surface area (TPSA) is 34.2 Å². The Morgan fingerprint density at radius 2 is 2.29 bits per heavy atom. The molecule has 0 aromatic carbocycles. The highest BCUT2D eigenvalue weighted by Crippen LogP contribution is 2.29. The number of rotatable bonds is 6. The van der Waals surface area contributed by atoms with Crippen LogP contribution in [0.25, 0.3) is 0 Å². The first-order chi connectivity index (χ1) is 9.97. The van der Waals surface area contributed by atoms with Crippen molar-refractivity contribution in [3.8, 4) is 0 Å². The zero-order chi connectivity index (χ0) is 15.3. The molecule has 1 aromatic rings. The average Bonchev–Trinajstić information content (AvgIpc) is 2.97. The summed E-state index contributed by atoms with van der Waals surface area (Å²) in [6, 6.07) is 2.78. The second-order valence-corrected chi connectivity index (χ2v) is 6.14. The Kier molecular flexibility index (Phi) is 5.89. The van der Waals surface area contributed by atoms with Crippen molar-refractivity contribution >= 4 is 11.8 Å². The van der Waals surface area contributed by atoms with E-state index < -0.39 is 11.7 Å². The Labute approximate surface area is 126 Å². The average molecular weight is 320 g/mol. The number of aromatic nitrogens is 1. The van der Waals surface area contributed by atoms with Crippen LogP contribution in [0.4, 0.5) is 13.2 Å². The Hall–Kier alpha value is -0.790. The van der Waals surface area contributed by atoms with Gasteiger partial charge in [0.1, 0.15) is 0 Å². The van der Waals surface area contributed by atoms with E-state index in [0.717, 1.165) is 44.0 Å². The Morgan fingerprint density at radius 3 is 2.86 bits per heavy atom. The van der Waals surface area contributed by atoms with E-state index in [4.69, 9.17) is 4.74 Å². The van der Waals surface area contributed by atoms with Gasteiger partial charge in [-0.25, -0.2) is 4.98 Å². The molecule has 0 bridgehead atoms. The second-order valence-electron chi connectivity index (χ2n) is 5.03. The van der Waals surface area contributed by atoms with Crippen molar-refractivity contribution in [1.82, 2.24) is 10.3 Å².